The molecule has 0 radical (unpaired) electrons. The van der Waals surface area contributed by atoms with Gasteiger partial charge in [-0.2, -0.15) is 0 Å². The van der Waals surface area contributed by atoms with Crippen LogP contribution in [0.2, 0.25) is 15.1 Å². The van der Waals surface area contributed by atoms with Gasteiger partial charge in [0, 0.05) is 21.7 Å². The van der Waals surface area contributed by atoms with Crippen LogP contribution in [0.1, 0.15) is 11.3 Å². The number of halogens is 4. The number of furan rings is 1. The molecule has 2 aromatic carbocycles. The number of benzene rings is 2. The number of nitrogens with zero attached hydrogens (tertiary/aromatic N) is 1. The van der Waals surface area contributed by atoms with Crippen molar-refractivity contribution < 1.29 is 18.4 Å². The standard InChI is InChI=1S/C21H11Cl3FNO3S/c22-12-2-5-16(23)15(7-12)18-6-4-14(29-18)9-19-20(27)26(21(28)30-19)10-11-1-3-13(25)8-17(11)24/h1-9H,10H2/b19-9-. The summed E-state index contributed by atoms with van der Waals surface area (Å²) < 4.78 is 19.0. The Morgan fingerprint density at radius 2 is 1.80 bits per heavy atom. The van der Waals surface area contributed by atoms with E-state index >= 15 is 0 Å². The van der Waals surface area contributed by atoms with E-state index in [0.717, 1.165) is 22.7 Å². The molecule has 4 rings (SSSR count). The molecule has 4 nitrogen and oxygen atoms in total. The molecule has 1 saturated heterocycles. The Balaban J connectivity index is 1.56. The van der Waals surface area contributed by atoms with E-state index < -0.39 is 17.0 Å². The Bertz CT molecular complexity index is 1210. The summed E-state index contributed by atoms with van der Waals surface area (Å²) >= 11 is 19.0. The second-order valence-corrected chi connectivity index (χ2v) is 8.57. The predicted octanol–water partition coefficient (Wildman–Crippen LogP) is 7.28. The van der Waals surface area contributed by atoms with E-state index in [1.807, 2.05) is 0 Å². The maximum atomic E-state index is 13.2. The number of thioether (sulfide) groups is 1. The minimum atomic E-state index is -0.494. The summed E-state index contributed by atoms with van der Waals surface area (Å²) in [7, 11) is 0. The average molecular weight is 483 g/mol. The zero-order valence-corrected chi connectivity index (χ0v) is 18.1. The summed E-state index contributed by atoms with van der Waals surface area (Å²) in [5.41, 5.74) is 1.08. The summed E-state index contributed by atoms with van der Waals surface area (Å²) in [5, 5.41) is 0.674. The molecule has 0 unspecified atom stereocenters. The predicted molar refractivity (Wildman–Crippen MR) is 117 cm³/mol. The SMILES string of the molecule is O=C1S/C(=C\c2ccc(-c3cc(Cl)ccc3Cl)o2)C(=O)N1Cc1ccc(F)cc1Cl. The fourth-order valence-corrected chi connectivity index (χ4v) is 4.28. The van der Waals surface area contributed by atoms with Crippen molar-refractivity contribution in [3.63, 3.8) is 0 Å². The zero-order chi connectivity index (χ0) is 21.4. The number of hydrogen-bond donors (Lipinski definition) is 0. The van der Waals surface area contributed by atoms with Crippen LogP contribution >= 0.6 is 46.6 Å². The van der Waals surface area contributed by atoms with Gasteiger partial charge in [0.1, 0.15) is 17.3 Å². The maximum absolute atomic E-state index is 13.2. The van der Waals surface area contributed by atoms with Crippen LogP contribution in [-0.2, 0) is 11.3 Å². The van der Waals surface area contributed by atoms with Gasteiger partial charge >= 0.3 is 0 Å². The minimum absolute atomic E-state index is 0.0529. The highest BCUT2D eigenvalue weighted by Gasteiger charge is 2.35. The molecule has 9 heteroatoms. The maximum Gasteiger partial charge on any atom is 0.293 e. The molecule has 2 heterocycles. The van der Waals surface area contributed by atoms with E-state index in [9.17, 15) is 14.0 Å². The quantitative estimate of drug-likeness (QED) is 0.367. The van der Waals surface area contributed by atoms with Gasteiger partial charge in [-0.05, 0) is 59.8 Å². The third kappa shape index (κ3) is 4.27. The van der Waals surface area contributed by atoms with E-state index in [0.29, 0.717) is 32.7 Å². The lowest BCUT2D eigenvalue weighted by atomic mass is 10.2. The van der Waals surface area contributed by atoms with Crippen LogP contribution in [0, 0.1) is 5.82 Å². The van der Waals surface area contributed by atoms with Crippen LogP contribution in [0.15, 0.2) is 57.9 Å². The first kappa shape index (κ1) is 21.0. The Morgan fingerprint density at radius 3 is 2.57 bits per heavy atom. The van der Waals surface area contributed by atoms with Crippen molar-refractivity contribution in [2.75, 3.05) is 0 Å². The molecular weight excluding hydrogens is 472 g/mol. The summed E-state index contributed by atoms with van der Waals surface area (Å²) in [6.45, 7) is -0.0529. The van der Waals surface area contributed by atoms with Crippen molar-refractivity contribution in [3.8, 4) is 11.3 Å². The minimum Gasteiger partial charge on any atom is -0.457 e. The van der Waals surface area contributed by atoms with Gasteiger partial charge in [0.2, 0.25) is 0 Å². The van der Waals surface area contributed by atoms with E-state index in [4.69, 9.17) is 39.2 Å². The van der Waals surface area contributed by atoms with Crippen molar-refractivity contribution in [2.24, 2.45) is 0 Å². The summed E-state index contributed by atoms with van der Waals surface area (Å²) in [6, 6.07) is 12.2. The van der Waals surface area contributed by atoms with E-state index in [1.165, 1.54) is 18.2 Å². The van der Waals surface area contributed by atoms with E-state index in [2.05, 4.69) is 0 Å². The average Bonchev–Trinajstić information content (AvgIpc) is 3.26. The van der Waals surface area contributed by atoms with Gasteiger partial charge in [0.25, 0.3) is 11.1 Å². The second-order valence-electron chi connectivity index (χ2n) is 6.33. The number of rotatable bonds is 4. The third-order valence-electron chi connectivity index (χ3n) is 4.31. The smallest absolute Gasteiger partial charge is 0.293 e. The molecule has 1 aliphatic rings. The highest BCUT2D eigenvalue weighted by Crippen LogP contribution is 2.36. The van der Waals surface area contributed by atoms with Crippen LogP contribution in [0.25, 0.3) is 17.4 Å². The molecule has 152 valence electrons. The van der Waals surface area contributed by atoms with Crippen LogP contribution in [0.3, 0.4) is 0 Å². The molecule has 2 amide bonds. The Morgan fingerprint density at radius 1 is 1.00 bits per heavy atom. The molecule has 30 heavy (non-hydrogen) atoms. The topological polar surface area (TPSA) is 50.5 Å². The zero-order valence-electron chi connectivity index (χ0n) is 15.0. The molecule has 0 saturated carbocycles. The van der Waals surface area contributed by atoms with Crippen molar-refractivity contribution in [2.45, 2.75) is 6.54 Å². The molecule has 1 aliphatic heterocycles. The van der Waals surface area contributed by atoms with Gasteiger partial charge in [-0.1, -0.05) is 40.9 Å². The summed E-state index contributed by atoms with van der Waals surface area (Å²) in [4.78, 5) is 26.3. The van der Waals surface area contributed by atoms with Crippen molar-refractivity contribution >= 4 is 63.8 Å². The number of carbonyl (C=O) groups is 2. The second kappa shape index (κ2) is 8.47. The lowest BCUT2D eigenvalue weighted by Gasteiger charge is -2.13. The van der Waals surface area contributed by atoms with Crippen LogP contribution in [-0.4, -0.2) is 16.0 Å². The lowest BCUT2D eigenvalue weighted by molar-refractivity contribution is -0.123. The number of hydrogen-bond acceptors (Lipinski definition) is 4. The monoisotopic (exact) mass is 481 g/mol. The van der Waals surface area contributed by atoms with Crippen molar-refractivity contribution in [1.29, 1.82) is 0 Å². The largest absolute Gasteiger partial charge is 0.457 e. The molecule has 0 atom stereocenters. The normalized spacial score (nSPS) is 15.5. The Labute approximate surface area is 190 Å². The third-order valence-corrected chi connectivity index (χ3v) is 6.14. The van der Waals surface area contributed by atoms with Gasteiger partial charge in [0.05, 0.1) is 16.5 Å². The van der Waals surface area contributed by atoms with Crippen LogP contribution in [0.4, 0.5) is 9.18 Å². The number of carbonyl (C=O) groups excluding carboxylic acids is 2. The molecular formula is C21H11Cl3FNO3S. The van der Waals surface area contributed by atoms with Crippen molar-refractivity contribution in [1.82, 2.24) is 4.90 Å². The summed E-state index contributed by atoms with van der Waals surface area (Å²) in [6.07, 6.45) is 1.49. The number of amides is 2. The van der Waals surface area contributed by atoms with Gasteiger partial charge in [-0.25, -0.2) is 4.39 Å². The number of imide groups is 1. The van der Waals surface area contributed by atoms with E-state index in [-0.39, 0.29) is 16.5 Å². The highest BCUT2D eigenvalue weighted by molar-refractivity contribution is 8.18. The Hall–Kier alpha value is -2.25. The molecule has 0 spiro atoms. The van der Waals surface area contributed by atoms with Gasteiger partial charge in [0.15, 0.2) is 0 Å². The van der Waals surface area contributed by atoms with Gasteiger partial charge in [-0.3, -0.25) is 14.5 Å². The van der Waals surface area contributed by atoms with Crippen molar-refractivity contribution in [3.05, 3.63) is 85.6 Å². The fraction of sp³-hybridized carbons (Fsp3) is 0.0476. The molecule has 0 bridgehead atoms. The molecule has 1 fully saturated rings. The first-order chi connectivity index (χ1) is 14.3. The molecule has 0 N–H and O–H groups in total. The molecule has 0 aliphatic carbocycles. The fourth-order valence-electron chi connectivity index (χ4n) is 2.85. The van der Waals surface area contributed by atoms with E-state index in [1.54, 1.807) is 30.3 Å². The van der Waals surface area contributed by atoms with Crippen LogP contribution < -0.4 is 0 Å². The van der Waals surface area contributed by atoms with Gasteiger partial charge < -0.3 is 4.42 Å². The summed E-state index contributed by atoms with van der Waals surface area (Å²) in [5.74, 6) is -0.118. The van der Waals surface area contributed by atoms with Crippen LogP contribution in [0.5, 0.6) is 0 Å². The first-order valence-electron chi connectivity index (χ1n) is 8.56. The molecule has 1 aromatic heterocycles. The van der Waals surface area contributed by atoms with Gasteiger partial charge in [-0.15, -0.1) is 0 Å². The highest BCUT2D eigenvalue weighted by atomic mass is 35.5. The first-order valence-corrected chi connectivity index (χ1v) is 10.5. The Kier molecular flexibility index (Phi) is 5.93. The lowest BCUT2D eigenvalue weighted by Crippen LogP contribution is -2.27. The molecule has 3 aromatic rings.